The van der Waals surface area contributed by atoms with Gasteiger partial charge in [-0.3, -0.25) is 4.79 Å². The van der Waals surface area contributed by atoms with Crippen LogP contribution in [-0.2, 0) is 17.8 Å². The van der Waals surface area contributed by atoms with Crippen molar-refractivity contribution in [3.8, 4) is 23.3 Å². The first-order valence-electron chi connectivity index (χ1n) is 11.8. The Bertz CT molecular complexity index is 1170. The summed E-state index contributed by atoms with van der Waals surface area (Å²) >= 11 is 0. The molecule has 4 rings (SSSR count). The van der Waals surface area contributed by atoms with E-state index in [1.165, 1.54) is 5.56 Å². The summed E-state index contributed by atoms with van der Waals surface area (Å²) in [4.78, 5) is 19.8. The Morgan fingerprint density at radius 3 is 2.86 bits per heavy atom. The smallest absolute Gasteiger partial charge is 0.322 e. The summed E-state index contributed by atoms with van der Waals surface area (Å²) in [6.07, 6.45) is 4.60. The molecule has 0 amide bonds. The van der Waals surface area contributed by atoms with Gasteiger partial charge in [0.15, 0.2) is 0 Å². The fourth-order valence-electron chi connectivity index (χ4n) is 4.25. The van der Waals surface area contributed by atoms with Gasteiger partial charge in [0.2, 0.25) is 0 Å². The fourth-order valence-corrected chi connectivity index (χ4v) is 4.25. The normalized spacial score (nSPS) is 14.4. The Labute approximate surface area is 205 Å². The predicted molar refractivity (Wildman–Crippen MR) is 131 cm³/mol. The van der Waals surface area contributed by atoms with Crippen molar-refractivity contribution in [1.29, 1.82) is 0 Å². The molecule has 184 valence electrons. The second kappa shape index (κ2) is 11.7. The van der Waals surface area contributed by atoms with Gasteiger partial charge in [0.05, 0.1) is 25.8 Å². The van der Waals surface area contributed by atoms with Gasteiger partial charge in [-0.1, -0.05) is 12.1 Å². The molecule has 8 heteroatoms. The number of nitrogens with one attached hydrogen (secondary N) is 1. The van der Waals surface area contributed by atoms with Crippen molar-refractivity contribution in [3.63, 3.8) is 0 Å². The highest BCUT2D eigenvalue weighted by Crippen LogP contribution is 2.37. The summed E-state index contributed by atoms with van der Waals surface area (Å²) in [5.74, 6) is 1.54. The van der Waals surface area contributed by atoms with Crippen LogP contribution in [0.5, 0.6) is 23.3 Å². The first-order chi connectivity index (χ1) is 17.0. The molecule has 1 aliphatic carbocycles. The van der Waals surface area contributed by atoms with Crippen LogP contribution in [0.15, 0.2) is 48.7 Å². The molecule has 2 aromatic carbocycles. The standard InChI is InChI=1S/C27H31N3O5/c1-18-16-29-27(35-23-6-3-5-21(15-23)33-2)30-25(18)17-28-11-4-12-34-22-9-10-24-19(13-22)7-8-20(24)14-26(31)32/h3,5-6,9-10,13,15-16,20,28H,4,7-8,11-12,14,17H2,1-2H3,(H,31,32)/t20-/m0/s1. The number of methoxy groups -OCH3 is 1. The lowest BCUT2D eigenvalue weighted by atomic mass is 9.98. The number of aryl methyl sites for hydroxylation is 2. The second-order valence-electron chi connectivity index (χ2n) is 8.64. The number of carboxylic acid groups (broad SMARTS) is 1. The molecule has 3 aromatic rings. The van der Waals surface area contributed by atoms with E-state index in [-0.39, 0.29) is 12.3 Å². The molecule has 8 nitrogen and oxygen atoms in total. The van der Waals surface area contributed by atoms with Crippen LogP contribution in [0.2, 0.25) is 0 Å². The summed E-state index contributed by atoms with van der Waals surface area (Å²) in [5, 5.41) is 12.5. The molecule has 1 aromatic heterocycles. The first kappa shape index (κ1) is 24.5. The van der Waals surface area contributed by atoms with Crippen LogP contribution >= 0.6 is 0 Å². The third kappa shape index (κ3) is 6.70. The van der Waals surface area contributed by atoms with Gasteiger partial charge in [-0.15, -0.1) is 0 Å². The molecule has 35 heavy (non-hydrogen) atoms. The number of fused-ring (bicyclic) bond motifs is 1. The number of aromatic nitrogens is 2. The third-order valence-corrected chi connectivity index (χ3v) is 6.10. The fraction of sp³-hybridized carbons (Fsp3) is 0.370. The van der Waals surface area contributed by atoms with E-state index < -0.39 is 5.97 Å². The minimum Gasteiger partial charge on any atom is -0.497 e. The minimum absolute atomic E-state index is 0.118. The number of nitrogens with zero attached hydrogens (tertiary/aromatic N) is 2. The van der Waals surface area contributed by atoms with Gasteiger partial charge in [0, 0.05) is 18.8 Å². The van der Waals surface area contributed by atoms with Crippen molar-refractivity contribution in [2.24, 2.45) is 0 Å². The Kier molecular flexibility index (Phi) is 8.15. The summed E-state index contributed by atoms with van der Waals surface area (Å²) < 4.78 is 16.9. The number of carboxylic acids is 1. The average Bonchev–Trinajstić information content (AvgIpc) is 3.24. The number of hydrogen-bond acceptors (Lipinski definition) is 7. The van der Waals surface area contributed by atoms with Crippen LogP contribution in [0.1, 0.15) is 47.6 Å². The van der Waals surface area contributed by atoms with Crippen molar-refractivity contribution in [1.82, 2.24) is 15.3 Å². The maximum atomic E-state index is 11.0. The largest absolute Gasteiger partial charge is 0.497 e. The molecule has 1 atom stereocenters. The SMILES string of the molecule is COc1cccc(Oc2ncc(C)c(CNCCCOc3ccc4c(c3)CC[C@H]4CC(=O)O)n2)c1. The van der Waals surface area contributed by atoms with Crippen molar-refractivity contribution in [3.05, 3.63) is 71.0 Å². The summed E-state index contributed by atoms with van der Waals surface area (Å²) in [6.45, 7) is 3.95. The zero-order chi connectivity index (χ0) is 24.6. The van der Waals surface area contributed by atoms with E-state index in [0.29, 0.717) is 30.7 Å². The molecule has 0 bridgehead atoms. The van der Waals surface area contributed by atoms with E-state index in [4.69, 9.17) is 19.3 Å². The van der Waals surface area contributed by atoms with Gasteiger partial charge in [-0.2, -0.15) is 4.98 Å². The molecule has 2 N–H and O–H groups in total. The third-order valence-electron chi connectivity index (χ3n) is 6.10. The zero-order valence-electron chi connectivity index (χ0n) is 20.1. The summed E-state index contributed by atoms with van der Waals surface area (Å²) in [7, 11) is 1.61. The maximum absolute atomic E-state index is 11.0. The zero-order valence-corrected chi connectivity index (χ0v) is 20.1. The van der Waals surface area contributed by atoms with Gasteiger partial charge in [-0.05, 0) is 79.6 Å². The topological polar surface area (TPSA) is 103 Å². The van der Waals surface area contributed by atoms with Gasteiger partial charge >= 0.3 is 12.0 Å². The van der Waals surface area contributed by atoms with Gasteiger partial charge in [-0.25, -0.2) is 4.98 Å². The van der Waals surface area contributed by atoms with Crippen molar-refractivity contribution in [2.45, 2.75) is 45.1 Å². The molecular formula is C27H31N3O5. The Morgan fingerprint density at radius 1 is 1.17 bits per heavy atom. The average molecular weight is 478 g/mol. The molecule has 0 spiro atoms. The lowest BCUT2D eigenvalue weighted by Crippen LogP contribution is -2.18. The number of benzene rings is 2. The highest BCUT2D eigenvalue weighted by molar-refractivity contribution is 5.68. The van der Waals surface area contributed by atoms with Crippen LogP contribution in [0, 0.1) is 6.92 Å². The molecule has 0 saturated heterocycles. The number of carbonyl (C=O) groups is 1. The summed E-state index contributed by atoms with van der Waals surface area (Å²) in [6, 6.07) is 13.6. The van der Waals surface area contributed by atoms with E-state index in [1.807, 2.05) is 37.3 Å². The van der Waals surface area contributed by atoms with Crippen molar-refractivity contribution >= 4 is 5.97 Å². The number of ether oxygens (including phenoxy) is 3. The molecule has 0 fully saturated rings. The van der Waals surface area contributed by atoms with E-state index >= 15 is 0 Å². The molecule has 0 unspecified atom stereocenters. The van der Waals surface area contributed by atoms with Gasteiger partial charge in [0.1, 0.15) is 17.2 Å². The van der Waals surface area contributed by atoms with Gasteiger partial charge in [0.25, 0.3) is 0 Å². The molecule has 0 aliphatic heterocycles. The van der Waals surface area contributed by atoms with Crippen molar-refractivity contribution < 1.29 is 24.1 Å². The first-order valence-corrected chi connectivity index (χ1v) is 11.8. The van der Waals surface area contributed by atoms with Crippen molar-refractivity contribution in [2.75, 3.05) is 20.3 Å². The van der Waals surface area contributed by atoms with Crippen LogP contribution in [0.4, 0.5) is 0 Å². The lowest BCUT2D eigenvalue weighted by Gasteiger charge is -2.12. The summed E-state index contributed by atoms with van der Waals surface area (Å²) in [5.41, 5.74) is 4.23. The Balaban J connectivity index is 1.21. The van der Waals surface area contributed by atoms with Gasteiger partial charge < -0.3 is 24.6 Å². The van der Waals surface area contributed by atoms with E-state index in [9.17, 15) is 4.79 Å². The minimum atomic E-state index is -0.742. The Hall–Kier alpha value is -3.65. The van der Waals surface area contributed by atoms with Crippen LogP contribution in [0.3, 0.4) is 0 Å². The maximum Gasteiger partial charge on any atom is 0.322 e. The molecule has 1 heterocycles. The molecule has 0 saturated carbocycles. The molecule has 0 radical (unpaired) electrons. The van der Waals surface area contributed by atoms with Crippen LogP contribution in [-0.4, -0.2) is 41.3 Å². The number of hydrogen-bond donors (Lipinski definition) is 2. The van der Waals surface area contributed by atoms with Crippen LogP contribution < -0.4 is 19.5 Å². The Morgan fingerprint density at radius 2 is 2.03 bits per heavy atom. The monoisotopic (exact) mass is 477 g/mol. The quantitative estimate of drug-likeness (QED) is 0.364. The molecule has 1 aliphatic rings. The molecular weight excluding hydrogens is 446 g/mol. The number of rotatable bonds is 12. The lowest BCUT2D eigenvalue weighted by molar-refractivity contribution is -0.137. The van der Waals surface area contributed by atoms with Crippen LogP contribution in [0.25, 0.3) is 0 Å². The highest BCUT2D eigenvalue weighted by atomic mass is 16.5. The second-order valence-corrected chi connectivity index (χ2v) is 8.64. The highest BCUT2D eigenvalue weighted by Gasteiger charge is 2.24. The van der Waals surface area contributed by atoms with E-state index in [0.717, 1.165) is 48.4 Å². The number of aliphatic carboxylic acids is 1. The predicted octanol–water partition coefficient (Wildman–Crippen LogP) is 4.65. The van der Waals surface area contributed by atoms with E-state index in [2.05, 4.69) is 21.4 Å². The van der Waals surface area contributed by atoms with E-state index in [1.54, 1.807) is 19.4 Å².